The van der Waals surface area contributed by atoms with Gasteiger partial charge in [0.25, 0.3) is 0 Å². The minimum Gasteiger partial charge on any atom is -0.379 e. The number of allylic oxidation sites excluding steroid dienone is 2. The highest BCUT2D eigenvalue weighted by atomic mass is 35.5. The molecule has 116 valence electrons. The number of benzene rings is 1. The standard InChI is InChI=1S/C17H19ClN2O2/c18-14-15(19-8-11-20-9-4-1-5-10-20)17(22)13-7-3-2-6-12(13)16(14)21/h2-3,6-7,19H,1,4-5,8-11H2. The molecule has 3 rings (SSSR count). The van der Waals surface area contributed by atoms with E-state index in [0.29, 0.717) is 17.7 Å². The molecule has 5 heteroatoms. The van der Waals surface area contributed by atoms with Crippen molar-refractivity contribution in [3.05, 3.63) is 46.1 Å². The third-order valence-electron chi connectivity index (χ3n) is 4.24. The molecular formula is C17H19ClN2O2. The largest absolute Gasteiger partial charge is 0.379 e. The number of halogens is 1. The Morgan fingerprint density at radius 2 is 1.64 bits per heavy atom. The van der Waals surface area contributed by atoms with Crippen LogP contribution in [-0.2, 0) is 0 Å². The van der Waals surface area contributed by atoms with Gasteiger partial charge in [0.2, 0.25) is 11.6 Å². The average Bonchev–Trinajstić information content (AvgIpc) is 2.57. The van der Waals surface area contributed by atoms with Gasteiger partial charge in [-0.05, 0) is 25.9 Å². The number of nitrogens with one attached hydrogen (secondary N) is 1. The van der Waals surface area contributed by atoms with Gasteiger partial charge in [-0.25, -0.2) is 0 Å². The summed E-state index contributed by atoms with van der Waals surface area (Å²) in [5.74, 6) is -0.476. The summed E-state index contributed by atoms with van der Waals surface area (Å²) in [6.07, 6.45) is 3.76. The average molecular weight is 319 g/mol. The van der Waals surface area contributed by atoms with Crippen LogP contribution in [0.1, 0.15) is 40.0 Å². The molecule has 1 heterocycles. The lowest BCUT2D eigenvalue weighted by molar-refractivity contribution is 0.0974. The van der Waals surface area contributed by atoms with Crippen molar-refractivity contribution in [1.29, 1.82) is 0 Å². The zero-order valence-electron chi connectivity index (χ0n) is 12.4. The smallest absolute Gasteiger partial charge is 0.211 e. The number of hydrogen-bond acceptors (Lipinski definition) is 4. The minimum absolute atomic E-state index is 0.00217. The summed E-state index contributed by atoms with van der Waals surface area (Å²) in [6.45, 7) is 3.68. The number of nitrogens with zero attached hydrogens (tertiary/aromatic N) is 1. The first-order chi connectivity index (χ1) is 10.7. The fourth-order valence-electron chi connectivity index (χ4n) is 3.03. The maximum Gasteiger partial charge on any atom is 0.211 e. The van der Waals surface area contributed by atoms with E-state index in [1.54, 1.807) is 24.3 Å². The zero-order valence-corrected chi connectivity index (χ0v) is 13.2. The normalized spacial score (nSPS) is 19.3. The van der Waals surface area contributed by atoms with Gasteiger partial charge in [-0.3, -0.25) is 9.59 Å². The van der Waals surface area contributed by atoms with Crippen molar-refractivity contribution in [2.24, 2.45) is 0 Å². The zero-order chi connectivity index (χ0) is 15.5. The molecule has 1 N–H and O–H groups in total. The molecule has 0 saturated carbocycles. The van der Waals surface area contributed by atoms with Gasteiger partial charge < -0.3 is 10.2 Å². The van der Waals surface area contributed by atoms with Crippen LogP contribution in [0.5, 0.6) is 0 Å². The maximum absolute atomic E-state index is 12.5. The summed E-state index contributed by atoms with van der Waals surface area (Å²) >= 11 is 6.11. The van der Waals surface area contributed by atoms with Crippen molar-refractivity contribution in [1.82, 2.24) is 10.2 Å². The van der Waals surface area contributed by atoms with Crippen LogP contribution in [0.15, 0.2) is 35.0 Å². The second-order valence-electron chi connectivity index (χ2n) is 5.72. The summed E-state index contributed by atoms with van der Waals surface area (Å²) in [6, 6.07) is 6.81. The van der Waals surface area contributed by atoms with E-state index in [0.717, 1.165) is 19.6 Å². The van der Waals surface area contributed by atoms with Crippen LogP contribution in [0.25, 0.3) is 0 Å². The van der Waals surface area contributed by atoms with Crippen molar-refractivity contribution in [3.63, 3.8) is 0 Å². The molecule has 2 aliphatic rings. The monoisotopic (exact) mass is 318 g/mol. The Hall–Kier alpha value is -1.65. The number of fused-ring (bicyclic) bond motifs is 1. The van der Waals surface area contributed by atoms with Gasteiger partial charge in [0.05, 0.1) is 0 Å². The topological polar surface area (TPSA) is 49.4 Å². The summed E-state index contributed by atoms with van der Waals surface area (Å²) in [5, 5.41) is 3.08. The lowest BCUT2D eigenvalue weighted by Crippen LogP contribution is -2.37. The molecule has 1 aromatic carbocycles. The molecule has 1 aromatic rings. The van der Waals surface area contributed by atoms with E-state index >= 15 is 0 Å². The number of piperidine rings is 1. The van der Waals surface area contributed by atoms with Crippen molar-refractivity contribution in [3.8, 4) is 0 Å². The first kappa shape index (κ1) is 15.3. The predicted molar refractivity (Wildman–Crippen MR) is 86.3 cm³/mol. The lowest BCUT2D eigenvalue weighted by atomic mass is 9.92. The number of hydrogen-bond donors (Lipinski definition) is 1. The molecule has 0 amide bonds. The van der Waals surface area contributed by atoms with Crippen LogP contribution >= 0.6 is 11.6 Å². The molecule has 0 bridgehead atoms. The van der Waals surface area contributed by atoms with Crippen LogP contribution in [0.2, 0.25) is 0 Å². The van der Waals surface area contributed by atoms with Crippen LogP contribution in [-0.4, -0.2) is 42.6 Å². The maximum atomic E-state index is 12.5. The van der Waals surface area contributed by atoms with E-state index in [1.807, 2.05) is 0 Å². The molecule has 0 atom stereocenters. The van der Waals surface area contributed by atoms with Crippen LogP contribution in [0, 0.1) is 0 Å². The number of ketones is 2. The van der Waals surface area contributed by atoms with Crippen LogP contribution in [0.4, 0.5) is 0 Å². The Balaban J connectivity index is 1.69. The Morgan fingerprint density at radius 3 is 2.32 bits per heavy atom. The second kappa shape index (κ2) is 6.63. The molecule has 1 aliphatic heterocycles. The van der Waals surface area contributed by atoms with E-state index in [-0.39, 0.29) is 22.3 Å². The van der Waals surface area contributed by atoms with Gasteiger partial charge in [-0.1, -0.05) is 42.3 Å². The number of carbonyl (C=O) groups is 2. The molecular weight excluding hydrogens is 300 g/mol. The lowest BCUT2D eigenvalue weighted by Gasteiger charge is -2.27. The predicted octanol–water partition coefficient (Wildman–Crippen LogP) is 2.59. The SMILES string of the molecule is O=C1C(Cl)=C(NCCN2CCCCC2)C(=O)c2ccccc21. The summed E-state index contributed by atoms with van der Waals surface area (Å²) in [7, 11) is 0. The molecule has 0 unspecified atom stereocenters. The third-order valence-corrected chi connectivity index (χ3v) is 4.60. The molecule has 22 heavy (non-hydrogen) atoms. The molecule has 0 spiro atoms. The van der Waals surface area contributed by atoms with E-state index < -0.39 is 0 Å². The first-order valence-electron chi connectivity index (χ1n) is 7.73. The van der Waals surface area contributed by atoms with Crippen molar-refractivity contribution >= 4 is 23.2 Å². The summed E-state index contributed by atoms with van der Waals surface area (Å²) in [4.78, 5) is 27.1. The number of carbonyl (C=O) groups excluding carboxylic acids is 2. The van der Waals surface area contributed by atoms with Crippen molar-refractivity contribution in [2.75, 3.05) is 26.2 Å². The Morgan fingerprint density at radius 1 is 1.00 bits per heavy atom. The highest BCUT2D eigenvalue weighted by molar-refractivity contribution is 6.49. The van der Waals surface area contributed by atoms with Gasteiger partial charge in [0.15, 0.2) is 0 Å². The Labute approximate surface area is 135 Å². The third kappa shape index (κ3) is 2.94. The highest BCUT2D eigenvalue weighted by Crippen LogP contribution is 2.27. The molecule has 1 fully saturated rings. The molecule has 0 aromatic heterocycles. The van der Waals surface area contributed by atoms with E-state index in [2.05, 4.69) is 10.2 Å². The van der Waals surface area contributed by atoms with Crippen LogP contribution in [0.3, 0.4) is 0 Å². The number of likely N-dealkylation sites (tertiary alicyclic amines) is 1. The van der Waals surface area contributed by atoms with Gasteiger partial charge in [-0.15, -0.1) is 0 Å². The summed E-state index contributed by atoms with van der Waals surface area (Å²) < 4.78 is 0. The molecule has 1 aliphatic carbocycles. The fourth-order valence-corrected chi connectivity index (χ4v) is 3.28. The van der Waals surface area contributed by atoms with E-state index in [4.69, 9.17) is 11.6 Å². The van der Waals surface area contributed by atoms with Crippen LogP contribution < -0.4 is 5.32 Å². The fraction of sp³-hybridized carbons (Fsp3) is 0.412. The molecule has 1 saturated heterocycles. The number of Topliss-reactive ketones (excluding diaryl/α,β-unsaturated/α-hetero) is 2. The highest BCUT2D eigenvalue weighted by Gasteiger charge is 2.30. The van der Waals surface area contributed by atoms with Gasteiger partial charge in [0, 0.05) is 24.2 Å². The molecule has 0 radical (unpaired) electrons. The van der Waals surface area contributed by atoms with Crippen molar-refractivity contribution in [2.45, 2.75) is 19.3 Å². The van der Waals surface area contributed by atoms with E-state index in [9.17, 15) is 9.59 Å². The number of rotatable bonds is 4. The van der Waals surface area contributed by atoms with Crippen molar-refractivity contribution < 1.29 is 9.59 Å². The quantitative estimate of drug-likeness (QED) is 0.927. The Bertz CT molecular complexity index is 633. The Kier molecular flexibility index (Phi) is 4.60. The first-order valence-corrected chi connectivity index (χ1v) is 8.10. The minimum atomic E-state index is -0.280. The van der Waals surface area contributed by atoms with Gasteiger partial charge in [0.1, 0.15) is 10.7 Å². The molecule has 4 nitrogen and oxygen atoms in total. The van der Waals surface area contributed by atoms with E-state index in [1.165, 1.54) is 19.3 Å². The van der Waals surface area contributed by atoms with Gasteiger partial charge >= 0.3 is 0 Å². The summed E-state index contributed by atoms with van der Waals surface area (Å²) in [5.41, 5.74) is 1.05. The second-order valence-corrected chi connectivity index (χ2v) is 6.10. The van der Waals surface area contributed by atoms with Gasteiger partial charge in [-0.2, -0.15) is 0 Å².